The molecule has 1 atom stereocenters. The van der Waals surface area contributed by atoms with Gasteiger partial charge < -0.3 is 20.0 Å². The predicted octanol–water partition coefficient (Wildman–Crippen LogP) is 5.90. The zero-order valence-electron chi connectivity index (χ0n) is 35.1. The molecule has 0 bridgehead atoms. The van der Waals surface area contributed by atoms with Gasteiger partial charge in [-0.2, -0.15) is 5.10 Å². The van der Waals surface area contributed by atoms with Crippen molar-refractivity contribution in [3.8, 4) is 11.5 Å². The molecule has 1 aromatic carbocycles. The number of imidazole rings is 1. The topological polar surface area (TPSA) is 177 Å². The van der Waals surface area contributed by atoms with Crippen LogP contribution < -0.4 is 21.6 Å². The van der Waals surface area contributed by atoms with Crippen molar-refractivity contribution in [2.75, 3.05) is 43.9 Å². The van der Waals surface area contributed by atoms with E-state index in [1.165, 1.54) is 29.9 Å². The number of aromatic nitrogens is 6. The van der Waals surface area contributed by atoms with Gasteiger partial charge in [0.05, 0.1) is 22.8 Å². The van der Waals surface area contributed by atoms with Gasteiger partial charge in [0.15, 0.2) is 11.4 Å². The van der Waals surface area contributed by atoms with Crippen LogP contribution in [0.2, 0.25) is 0 Å². The fourth-order valence-electron chi connectivity index (χ4n) is 9.56. The molecule has 0 spiro atoms. The molecule has 2 saturated heterocycles. The number of hydrogen-bond donors (Lipinski definition) is 3. The second kappa shape index (κ2) is 17.6. The number of amides is 3. The van der Waals surface area contributed by atoms with Gasteiger partial charge in [-0.3, -0.25) is 38.4 Å². The van der Waals surface area contributed by atoms with Crippen molar-refractivity contribution in [2.24, 2.45) is 18.9 Å². The second-order valence-electron chi connectivity index (χ2n) is 17.5. The molecule has 328 valence electrons. The van der Waals surface area contributed by atoms with Gasteiger partial charge in [0.25, 0.3) is 12.3 Å². The van der Waals surface area contributed by atoms with Gasteiger partial charge in [-0.1, -0.05) is 12.1 Å². The van der Waals surface area contributed by atoms with E-state index < -0.39 is 30.0 Å². The third-order valence-electron chi connectivity index (χ3n) is 13.2. The molecule has 3 amide bonds. The standard InChI is InChI=1S/C44H53F2N11O5/c1-53(30-15-18-55(19-16-30)23-29-4-3-5-34-39(29)54(2)44(61)57(34)35-12-13-37(58)51-42(35)60)22-27-8-10-31(11-9-27)56-24-32(38(52-56)40(45)46)49-41(59)33-25-62-43(50-33)28-14-17-47-36(20-28)48-21-26-6-7-26/h3-5,14,17,20,24-27,30-31,35,40H,6-13,15-16,18-19,21-23H2,1-2H3,(H,47,48)(H,49,59)(H,51,58,60)/t27-,31-,35-/m1/s1. The molecule has 0 radical (unpaired) electrons. The predicted molar refractivity (Wildman–Crippen MR) is 227 cm³/mol. The van der Waals surface area contributed by atoms with Crippen LogP contribution in [0.25, 0.3) is 22.5 Å². The number of imide groups is 1. The largest absolute Gasteiger partial charge is 0.444 e. The summed E-state index contributed by atoms with van der Waals surface area (Å²) in [6.07, 6.45) is 9.91. The van der Waals surface area contributed by atoms with Gasteiger partial charge >= 0.3 is 5.69 Å². The summed E-state index contributed by atoms with van der Waals surface area (Å²) in [6, 6.07) is 9.04. The van der Waals surface area contributed by atoms with Gasteiger partial charge in [0.1, 0.15) is 18.1 Å². The monoisotopic (exact) mass is 853 g/mol. The van der Waals surface area contributed by atoms with Gasteiger partial charge in [-0.05, 0) is 114 Å². The maximum Gasteiger partial charge on any atom is 0.329 e. The van der Waals surface area contributed by atoms with E-state index in [0.717, 1.165) is 75.8 Å². The lowest BCUT2D eigenvalue weighted by atomic mass is 9.85. The lowest BCUT2D eigenvalue weighted by Gasteiger charge is -2.39. The summed E-state index contributed by atoms with van der Waals surface area (Å²) in [6.45, 7) is 4.30. The van der Waals surface area contributed by atoms with Crippen molar-refractivity contribution in [2.45, 2.75) is 95.3 Å². The Labute approximate surface area is 357 Å². The van der Waals surface area contributed by atoms with Crippen molar-refractivity contribution >= 4 is 40.3 Å². The number of halogens is 2. The molecular weight excluding hydrogens is 801 g/mol. The Balaban J connectivity index is 0.760. The third-order valence-corrected chi connectivity index (χ3v) is 13.2. The van der Waals surface area contributed by atoms with Crippen LogP contribution >= 0.6 is 0 Å². The minimum absolute atomic E-state index is 0.0301. The highest BCUT2D eigenvalue weighted by Crippen LogP contribution is 2.36. The number of aryl methyl sites for hydroxylation is 1. The Morgan fingerprint density at radius 3 is 2.53 bits per heavy atom. The van der Waals surface area contributed by atoms with Crippen molar-refractivity contribution < 1.29 is 27.6 Å². The molecule has 4 fully saturated rings. The van der Waals surface area contributed by atoms with Crippen LogP contribution in [0.3, 0.4) is 0 Å². The fourth-order valence-corrected chi connectivity index (χ4v) is 9.56. The SMILES string of the molecule is CN(C[C@H]1CC[C@H](n2cc(NC(=O)c3coc(-c4ccnc(NCC5CC5)c4)n3)c(C(F)F)n2)CC1)C1CCN(Cc2cccc3c2n(C)c(=O)n3[C@@H]2CCC(=O)NC2=O)CC1. The van der Waals surface area contributed by atoms with Crippen molar-refractivity contribution in [1.29, 1.82) is 0 Å². The van der Waals surface area contributed by atoms with E-state index in [-0.39, 0.29) is 41.3 Å². The Hall–Kier alpha value is -5.75. The third kappa shape index (κ3) is 8.80. The number of benzene rings is 1. The summed E-state index contributed by atoms with van der Waals surface area (Å²) in [5.41, 5.74) is 2.38. The summed E-state index contributed by atoms with van der Waals surface area (Å²) in [7, 11) is 3.93. The van der Waals surface area contributed by atoms with Crippen molar-refractivity contribution in [1.82, 2.24) is 44.0 Å². The van der Waals surface area contributed by atoms with E-state index >= 15 is 0 Å². The molecule has 0 unspecified atom stereocenters. The number of fused-ring (bicyclic) bond motifs is 1. The van der Waals surface area contributed by atoms with Crippen molar-refractivity contribution in [3.05, 3.63) is 76.4 Å². The lowest BCUT2D eigenvalue weighted by molar-refractivity contribution is -0.135. The smallest absolute Gasteiger partial charge is 0.329 e. The summed E-state index contributed by atoms with van der Waals surface area (Å²) >= 11 is 0. The van der Waals surface area contributed by atoms with E-state index in [1.54, 1.807) is 34.6 Å². The van der Waals surface area contributed by atoms with Crippen LogP contribution in [-0.2, 0) is 23.2 Å². The quantitative estimate of drug-likeness (QED) is 0.113. The number of rotatable bonds is 14. The maximum absolute atomic E-state index is 14.2. The molecule has 4 aromatic heterocycles. The molecule has 6 heterocycles. The van der Waals surface area contributed by atoms with E-state index in [9.17, 15) is 28.0 Å². The number of anilines is 2. The number of nitrogens with one attached hydrogen (secondary N) is 3. The summed E-state index contributed by atoms with van der Waals surface area (Å²) in [4.78, 5) is 64.6. The molecule has 4 aliphatic rings. The average molecular weight is 854 g/mol. The number of nitrogens with zero attached hydrogens (tertiary/aromatic N) is 8. The number of piperidine rings is 2. The lowest BCUT2D eigenvalue weighted by Crippen LogP contribution is -2.44. The number of alkyl halides is 2. The van der Waals surface area contributed by atoms with E-state index in [0.29, 0.717) is 47.7 Å². The van der Waals surface area contributed by atoms with Crippen molar-refractivity contribution in [3.63, 3.8) is 0 Å². The summed E-state index contributed by atoms with van der Waals surface area (Å²) in [5, 5.41) is 12.6. The van der Waals surface area contributed by atoms with Crippen LogP contribution in [-0.4, -0.2) is 95.7 Å². The number of likely N-dealkylation sites (tertiary alicyclic amines) is 1. The molecule has 9 rings (SSSR count). The van der Waals surface area contributed by atoms with E-state index in [4.69, 9.17) is 4.42 Å². The van der Waals surface area contributed by atoms with Crippen LogP contribution in [0, 0.1) is 11.8 Å². The summed E-state index contributed by atoms with van der Waals surface area (Å²) in [5.74, 6) is 0.642. The highest BCUT2D eigenvalue weighted by molar-refractivity contribution is 6.03. The van der Waals surface area contributed by atoms with Crippen LogP contribution in [0.4, 0.5) is 20.3 Å². The highest BCUT2D eigenvalue weighted by Gasteiger charge is 2.33. The first-order valence-electron chi connectivity index (χ1n) is 21.8. The number of pyridine rings is 1. The van der Waals surface area contributed by atoms with Gasteiger partial charge in [0.2, 0.25) is 17.7 Å². The zero-order valence-corrected chi connectivity index (χ0v) is 35.1. The zero-order chi connectivity index (χ0) is 43.1. The Morgan fingerprint density at radius 1 is 1.02 bits per heavy atom. The molecule has 2 saturated carbocycles. The summed E-state index contributed by atoms with van der Waals surface area (Å²) < 4.78 is 38.8. The van der Waals surface area contributed by atoms with E-state index in [1.807, 2.05) is 18.2 Å². The Bertz CT molecular complexity index is 2510. The normalized spacial score (nSPS) is 21.5. The molecule has 16 nitrogen and oxygen atoms in total. The Kier molecular flexibility index (Phi) is 11.8. The maximum atomic E-state index is 14.2. The van der Waals surface area contributed by atoms with Crippen LogP contribution in [0.1, 0.15) is 104 Å². The molecule has 5 aromatic rings. The minimum atomic E-state index is -2.87. The minimum Gasteiger partial charge on any atom is -0.444 e. The number of para-hydroxylation sites is 1. The first kappa shape index (κ1) is 41.6. The fraction of sp³-hybridized carbons (Fsp3) is 0.523. The molecule has 2 aliphatic heterocycles. The van der Waals surface area contributed by atoms with Gasteiger partial charge in [-0.15, -0.1) is 0 Å². The number of carbonyl (C=O) groups is 3. The Morgan fingerprint density at radius 2 is 1.79 bits per heavy atom. The van der Waals surface area contributed by atoms with Crippen LogP contribution in [0.5, 0.6) is 0 Å². The molecular formula is C44H53F2N11O5. The van der Waals surface area contributed by atoms with Crippen LogP contribution in [0.15, 0.2) is 58.2 Å². The number of oxazole rings is 1. The second-order valence-corrected chi connectivity index (χ2v) is 17.5. The average Bonchev–Trinajstić information content (AvgIpc) is 3.67. The van der Waals surface area contributed by atoms with E-state index in [2.05, 4.69) is 47.9 Å². The van der Waals surface area contributed by atoms with Gasteiger partial charge in [-0.25, -0.2) is 23.5 Å². The molecule has 2 aliphatic carbocycles. The molecule has 3 N–H and O–H groups in total. The molecule has 62 heavy (non-hydrogen) atoms. The first-order valence-corrected chi connectivity index (χ1v) is 21.8. The number of hydrogen-bond acceptors (Lipinski definition) is 11. The number of carbonyl (C=O) groups excluding carboxylic acids is 3. The van der Waals surface area contributed by atoms with Gasteiger partial charge in [0, 0.05) is 57.1 Å². The highest BCUT2D eigenvalue weighted by atomic mass is 19.3. The molecule has 18 heteroatoms. The first-order chi connectivity index (χ1) is 30.0.